The lowest BCUT2D eigenvalue weighted by molar-refractivity contribution is 0.571. The monoisotopic (exact) mass is 253 g/mol. The Morgan fingerprint density at radius 2 is 2.00 bits per heavy atom. The smallest absolute Gasteiger partial charge is 0.128 e. The minimum absolute atomic E-state index is 0.264. The van der Waals surface area contributed by atoms with Gasteiger partial charge in [-0.2, -0.15) is 11.3 Å². The molecule has 1 nitrogen and oxygen atoms in total. The lowest BCUT2D eigenvalue weighted by Crippen LogP contribution is -2.09. The summed E-state index contributed by atoms with van der Waals surface area (Å²) in [6, 6.07) is 4.13. The van der Waals surface area contributed by atoms with Gasteiger partial charge in [0.2, 0.25) is 0 Å². The maximum atomic E-state index is 13.7. The van der Waals surface area contributed by atoms with Crippen molar-refractivity contribution in [2.24, 2.45) is 0 Å². The summed E-state index contributed by atoms with van der Waals surface area (Å²) in [5.41, 5.74) is 1.59. The van der Waals surface area contributed by atoms with Crippen LogP contribution in [0.3, 0.4) is 0 Å². The second-order valence-corrected chi connectivity index (χ2v) is 4.78. The zero-order valence-corrected chi connectivity index (χ0v) is 10.4. The third-order valence-corrected chi connectivity index (χ3v) is 3.33. The van der Waals surface area contributed by atoms with Crippen molar-refractivity contribution in [1.82, 2.24) is 0 Å². The highest BCUT2D eigenvalue weighted by Gasteiger charge is 2.13. The van der Waals surface area contributed by atoms with Crippen LogP contribution in [0.15, 0.2) is 29.0 Å². The second-order valence-electron chi connectivity index (χ2n) is 4.00. The second kappa shape index (κ2) is 4.84. The number of hydrogen-bond acceptors (Lipinski definition) is 2. The molecule has 1 N–H and O–H groups in total. The Morgan fingerprint density at radius 1 is 1.24 bits per heavy atom. The fourth-order valence-electron chi connectivity index (χ4n) is 1.67. The van der Waals surface area contributed by atoms with E-state index < -0.39 is 0 Å². The number of aryl methyl sites for hydroxylation is 1. The van der Waals surface area contributed by atoms with Crippen molar-refractivity contribution < 1.29 is 8.78 Å². The average molecular weight is 253 g/mol. The highest BCUT2D eigenvalue weighted by Crippen LogP contribution is 2.25. The van der Waals surface area contributed by atoms with Gasteiger partial charge in [-0.3, -0.25) is 0 Å². The van der Waals surface area contributed by atoms with Crippen LogP contribution < -0.4 is 5.32 Å². The molecule has 0 radical (unpaired) electrons. The summed E-state index contributed by atoms with van der Waals surface area (Å²) in [7, 11) is 0. The van der Waals surface area contributed by atoms with E-state index in [-0.39, 0.29) is 17.7 Å². The molecule has 0 spiro atoms. The summed E-state index contributed by atoms with van der Waals surface area (Å²) >= 11 is 1.56. The molecule has 0 aliphatic rings. The standard InChI is InChI=1S/C13H13F2NS/c1-8-5-13(15)11(6-12(8)14)9(2)16-10-3-4-17-7-10/h3-7,9,16H,1-2H3. The third-order valence-electron chi connectivity index (χ3n) is 2.65. The van der Waals surface area contributed by atoms with E-state index in [2.05, 4.69) is 5.32 Å². The van der Waals surface area contributed by atoms with E-state index in [0.29, 0.717) is 11.1 Å². The molecule has 90 valence electrons. The molecule has 2 aromatic rings. The molecule has 0 saturated carbocycles. The van der Waals surface area contributed by atoms with Crippen LogP contribution in [-0.4, -0.2) is 0 Å². The number of benzene rings is 1. The first-order valence-corrected chi connectivity index (χ1v) is 6.26. The van der Waals surface area contributed by atoms with Crippen molar-refractivity contribution >= 4 is 17.0 Å². The summed E-state index contributed by atoms with van der Waals surface area (Å²) in [6.07, 6.45) is 0. The molecule has 1 aromatic carbocycles. The van der Waals surface area contributed by atoms with Gasteiger partial charge in [0, 0.05) is 16.6 Å². The van der Waals surface area contributed by atoms with Gasteiger partial charge in [0.15, 0.2) is 0 Å². The maximum absolute atomic E-state index is 13.7. The predicted molar refractivity (Wildman–Crippen MR) is 67.5 cm³/mol. The molecule has 17 heavy (non-hydrogen) atoms. The summed E-state index contributed by atoms with van der Waals surface area (Å²) in [6.45, 7) is 3.37. The van der Waals surface area contributed by atoms with Crippen LogP contribution in [-0.2, 0) is 0 Å². The molecule has 1 atom stereocenters. The van der Waals surface area contributed by atoms with Crippen molar-refractivity contribution in [3.63, 3.8) is 0 Å². The Kier molecular flexibility index (Phi) is 3.43. The van der Waals surface area contributed by atoms with E-state index in [1.54, 1.807) is 18.3 Å². The van der Waals surface area contributed by atoms with E-state index in [1.165, 1.54) is 12.1 Å². The zero-order chi connectivity index (χ0) is 12.4. The summed E-state index contributed by atoms with van der Waals surface area (Å²) in [4.78, 5) is 0. The number of thiophene rings is 1. The van der Waals surface area contributed by atoms with Gasteiger partial charge in [-0.15, -0.1) is 0 Å². The Balaban J connectivity index is 2.24. The van der Waals surface area contributed by atoms with Crippen LogP contribution in [0.1, 0.15) is 24.1 Å². The fourth-order valence-corrected chi connectivity index (χ4v) is 2.26. The van der Waals surface area contributed by atoms with E-state index in [1.807, 2.05) is 23.8 Å². The first-order valence-electron chi connectivity index (χ1n) is 5.32. The molecular weight excluding hydrogens is 240 g/mol. The zero-order valence-electron chi connectivity index (χ0n) is 9.63. The van der Waals surface area contributed by atoms with E-state index in [4.69, 9.17) is 0 Å². The Hall–Kier alpha value is -1.42. The molecule has 0 saturated heterocycles. The van der Waals surface area contributed by atoms with Crippen LogP contribution in [0.5, 0.6) is 0 Å². The number of hydrogen-bond donors (Lipinski definition) is 1. The van der Waals surface area contributed by atoms with Crippen molar-refractivity contribution in [2.45, 2.75) is 19.9 Å². The van der Waals surface area contributed by atoms with Crippen LogP contribution in [0, 0.1) is 18.6 Å². The Morgan fingerprint density at radius 3 is 2.65 bits per heavy atom. The molecule has 1 aromatic heterocycles. The normalized spacial score (nSPS) is 12.5. The van der Waals surface area contributed by atoms with Gasteiger partial charge in [0.1, 0.15) is 11.6 Å². The number of halogens is 2. The molecule has 4 heteroatoms. The third kappa shape index (κ3) is 2.64. The van der Waals surface area contributed by atoms with Gasteiger partial charge < -0.3 is 5.32 Å². The van der Waals surface area contributed by atoms with E-state index in [0.717, 1.165) is 5.69 Å². The minimum Gasteiger partial charge on any atom is -0.378 e. The summed E-state index contributed by atoms with van der Waals surface area (Å²) in [5, 5.41) is 6.99. The molecule has 0 aliphatic carbocycles. The average Bonchev–Trinajstić information content (AvgIpc) is 2.76. The van der Waals surface area contributed by atoms with Gasteiger partial charge in [0.25, 0.3) is 0 Å². The van der Waals surface area contributed by atoms with Gasteiger partial charge in [-0.25, -0.2) is 8.78 Å². The first kappa shape index (κ1) is 12.0. The Bertz CT molecular complexity index is 508. The molecule has 1 unspecified atom stereocenters. The number of nitrogens with one attached hydrogen (secondary N) is 1. The van der Waals surface area contributed by atoms with Gasteiger partial charge >= 0.3 is 0 Å². The molecule has 1 heterocycles. The van der Waals surface area contributed by atoms with Gasteiger partial charge in [-0.05, 0) is 43.0 Å². The van der Waals surface area contributed by atoms with Crippen molar-refractivity contribution in [3.05, 3.63) is 51.7 Å². The summed E-state index contributed by atoms with van der Waals surface area (Å²) in [5.74, 6) is -0.750. The van der Waals surface area contributed by atoms with Crippen molar-refractivity contribution in [3.8, 4) is 0 Å². The van der Waals surface area contributed by atoms with E-state index in [9.17, 15) is 8.78 Å². The Labute approximate surface area is 103 Å². The van der Waals surface area contributed by atoms with Crippen LogP contribution in [0.2, 0.25) is 0 Å². The first-order chi connectivity index (χ1) is 8.08. The molecule has 0 fully saturated rings. The van der Waals surface area contributed by atoms with Gasteiger partial charge in [0.05, 0.1) is 6.04 Å². The minimum atomic E-state index is -0.376. The molecule has 0 bridgehead atoms. The highest BCUT2D eigenvalue weighted by molar-refractivity contribution is 7.08. The number of anilines is 1. The predicted octanol–water partition coefficient (Wildman–Crippen LogP) is 4.51. The lowest BCUT2D eigenvalue weighted by atomic mass is 10.0. The van der Waals surface area contributed by atoms with Crippen LogP contribution in [0.4, 0.5) is 14.5 Å². The summed E-state index contributed by atoms with van der Waals surface area (Å²) < 4.78 is 27.1. The number of rotatable bonds is 3. The molecule has 2 rings (SSSR count). The van der Waals surface area contributed by atoms with Crippen LogP contribution in [0.25, 0.3) is 0 Å². The highest BCUT2D eigenvalue weighted by atomic mass is 32.1. The quantitative estimate of drug-likeness (QED) is 0.848. The molecule has 0 amide bonds. The maximum Gasteiger partial charge on any atom is 0.128 e. The fraction of sp³-hybridized carbons (Fsp3) is 0.231. The SMILES string of the molecule is Cc1cc(F)c(C(C)Nc2ccsc2)cc1F. The topological polar surface area (TPSA) is 12.0 Å². The molecule has 0 aliphatic heterocycles. The van der Waals surface area contributed by atoms with Crippen molar-refractivity contribution in [2.75, 3.05) is 5.32 Å². The van der Waals surface area contributed by atoms with Gasteiger partial charge in [-0.1, -0.05) is 0 Å². The van der Waals surface area contributed by atoms with Crippen molar-refractivity contribution in [1.29, 1.82) is 0 Å². The largest absolute Gasteiger partial charge is 0.378 e. The lowest BCUT2D eigenvalue weighted by Gasteiger charge is -2.16. The van der Waals surface area contributed by atoms with E-state index >= 15 is 0 Å². The van der Waals surface area contributed by atoms with Crippen LogP contribution >= 0.6 is 11.3 Å². The molecular formula is C13H13F2NS.